The third-order valence-corrected chi connectivity index (χ3v) is 4.61. The monoisotopic (exact) mass is 289 g/mol. The van der Waals surface area contributed by atoms with Gasteiger partial charge >= 0.3 is 0 Å². The molecule has 1 fully saturated rings. The van der Waals surface area contributed by atoms with Gasteiger partial charge in [0.15, 0.2) is 0 Å². The van der Waals surface area contributed by atoms with E-state index in [1.54, 1.807) is 6.07 Å². The smallest absolute Gasteiger partial charge is 0.253 e. The Balaban J connectivity index is 2.10. The molecule has 0 bridgehead atoms. The normalized spacial score (nSPS) is 21.9. The van der Waals surface area contributed by atoms with Gasteiger partial charge in [-0.05, 0) is 49.8 Å². The molecule has 2 N–H and O–H groups in total. The first-order chi connectivity index (χ1) is 9.90. The second-order valence-corrected chi connectivity index (χ2v) is 6.50. The molecule has 0 unspecified atom stereocenters. The van der Waals surface area contributed by atoms with E-state index >= 15 is 0 Å². The van der Waals surface area contributed by atoms with Crippen LogP contribution in [0.5, 0.6) is 0 Å². The fourth-order valence-electron chi connectivity index (χ4n) is 3.09. The van der Waals surface area contributed by atoms with Crippen molar-refractivity contribution >= 4 is 17.3 Å². The molecule has 1 aliphatic rings. The van der Waals surface area contributed by atoms with Crippen molar-refractivity contribution in [2.75, 3.05) is 31.8 Å². The fraction of sp³-hybridized carbons (Fsp3) is 0.588. The predicted molar refractivity (Wildman–Crippen MR) is 88.7 cm³/mol. The molecule has 1 aromatic carbocycles. The average molecular weight is 289 g/mol. The summed E-state index contributed by atoms with van der Waals surface area (Å²) in [5.74, 6) is 0.867. The fourth-order valence-corrected chi connectivity index (χ4v) is 3.09. The van der Waals surface area contributed by atoms with Crippen LogP contribution in [0.25, 0.3) is 0 Å². The lowest BCUT2D eigenvalue weighted by atomic mass is 9.86. The zero-order chi connectivity index (χ0) is 15.6. The van der Waals surface area contributed by atoms with Gasteiger partial charge in [0.1, 0.15) is 0 Å². The average Bonchev–Trinajstić information content (AvgIpc) is 2.46. The number of hydrogen-bond acceptors (Lipinski definition) is 3. The Morgan fingerprint density at radius 2 is 1.76 bits per heavy atom. The van der Waals surface area contributed by atoms with Gasteiger partial charge in [-0.3, -0.25) is 4.79 Å². The first kappa shape index (κ1) is 15.7. The number of benzene rings is 1. The van der Waals surface area contributed by atoms with Crippen molar-refractivity contribution in [3.63, 3.8) is 0 Å². The quantitative estimate of drug-likeness (QED) is 0.870. The minimum absolute atomic E-state index is 0.0755. The lowest BCUT2D eigenvalue weighted by molar-refractivity contribution is 0.0679. The topological polar surface area (TPSA) is 49.6 Å². The summed E-state index contributed by atoms with van der Waals surface area (Å²) in [6.07, 6.45) is 4.64. The number of rotatable bonds is 3. The van der Waals surface area contributed by atoms with Gasteiger partial charge in [-0.1, -0.05) is 6.92 Å². The van der Waals surface area contributed by atoms with E-state index in [9.17, 15) is 4.79 Å². The summed E-state index contributed by atoms with van der Waals surface area (Å²) in [6.45, 7) is 2.29. The number of nitrogen functional groups attached to an aromatic ring is 1. The molecule has 1 amide bonds. The van der Waals surface area contributed by atoms with Gasteiger partial charge < -0.3 is 15.5 Å². The van der Waals surface area contributed by atoms with Crippen LogP contribution < -0.4 is 10.6 Å². The standard InChI is InChI=1S/C17H27N3O/c1-12-5-8-14(9-6-12)20(4)17(21)13-7-10-16(19(2)3)15(18)11-13/h7,10-12,14H,5-6,8-9,18H2,1-4H3. The van der Waals surface area contributed by atoms with Crippen LogP contribution in [0.4, 0.5) is 11.4 Å². The number of anilines is 2. The third kappa shape index (κ3) is 3.49. The molecule has 1 saturated carbocycles. The van der Waals surface area contributed by atoms with Crippen LogP contribution >= 0.6 is 0 Å². The third-order valence-electron chi connectivity index (χ3n) is 4.61. The molecule has 116 valence electrons. The maximum Gasteiger partial charge on any atom is 0.253 e. The summed E-state index contributed by atoms with van der Waals surface area (Å²) in [5, 5.41) is 0. The van der Waals surface area contributed by atoms with Gasteiger partial charge in [0, 0.05) is 32.7 Å². The Morgan fingerprint density at radius 1 is 1.14 bits per heavy atom. The number of nitrogens with zero attached hydrogens (tertiary/aromatic N) is 2. The summed E-state index contributed by atoms with van der Waals surface area (Å²) in [7, 11) is 5.81. The zero-order valence-electron chi connectivity index (χ0n) is 13.6. The van der Waals surface area contributed by atoms with E-state index in [0.717, 1.165) is 24.4 Å². The molecule has 21 heavy (non-hydrogen) atoms. The van der Waals surface area contributed by atoms with Gasteiger partial charge in [-0.15, -0.1) is 0 Å². The van der Waals surface area contributed by atoms with E-state index in [1.165, 1.54) is 12.8 Å². The summed E-state index contributed by atoms with van der Waals surface area (Å²) in [5.41, 5.74) is 8.32. The van der Waals surface area contributed by atoms with Crippen molar-refractivity contribution in [1.29, 1.82) is 0 Å². The molecule has 1 aliphatic carbocycles. The molecule has 1 aromatic rings. The highest BCUT2D eigenvalue weighted by atomic mass is 16.2. The van der Waals surface area contributed by atoms with Crippen molar-refractivity contribution in [2.45, 2.75) is 38.6 Å². The Labute approximate surface area is 127 Å². The van der Waals surface area contributed by atoms with Crippen molar-refractivity contribution in [1.82, 2.24) is 4.90 Å². The van der Waals surface area contributed by atoms with E-state index in [2.05, 4.69) is 6.92 Å². The summed E-state index contributed by atoms with van der Waals surface area (Å²) in [6, 6.07) is 5.94. The Bertz CT molecular complexity index is 505. The zero-order valence-corrected chi connectivity index (χ0v) is 13.6. The van der Waals surface area contributed by atoms with E-state index in [1.807, 2.05) is 43.1 Å². The van der Waals surface area contributed by atoms with Gasteiger partial charge in [0.25, 0.3) is 5.91 Å². The number of amides is 1. The number of hydrogen-bond donors (Lipinski definition) is 1. The first-order valence-electron chi connectivity index (χ1n) is 7.74. The van der Waals surface area contributed by atoms with Gasteiger partial charge in [-0.25, -0.2) is 0 Å². The highest BCUT2D eigenvalue weighted by Gasteiger charge is 2.25. The highest BCUT2D eigenvalue weighted by molar-refractivity contribution is 5.96. The molecular formula is C17H27N3O. The summed E-state index contributed by atoms with van der Waals surface area (Å²) >= 11 is 0. The molecule has 4 heteroatoms. The Morgan fingerprint density at radius 3 is 2.29 bits per heavy atom. The molecular weight excluding hydrogens is 262 g/mol. The minimum atomic E-state index is 0.0755. The lowest BCUT2D eigenvalue weighted by Gasteiger charge is -2.33. The van der Waals surface area contributed by atoms with Crippen LogP contribution in [0.2, 0.25) is 0 Å². The van der Waals surface area contributed by atoms with Crippen molar-refractivity contribution < 1.29 is 4.79 Å². The molecule has 2 rings (SSSR count). The lowest BCUT2D eigenvalue weighted by Crippen LogP contribution is -2.39. The second-order valence-electron chi connectivity index (χ2n) is 6.50. The first-order valence-corrected chi connectivity index (χ1v) is 7.74. The Hall–Kier alpha value is -1.71. The maximum atomic E-state index is 12.6. The van der Waals surface area contributed by atoms with Crippen LogP contribution in [0.3, 0.4) is 0 Å². The van der Waals surface area contributed by atoms with Crippen molar-refractivity contribution in [2.24, 2.45) is 5.92 Å². The number of carbonyl (C=O) groups excluding carboxylic acids is 1. The molecule has 0 atom stereocenters. The largest absolute Gasteiger partial charge is 0.397 e. The molecule has 0 heterocycles. The molecule has 0 saturated heterocycles. The molecule has 0 spiro atoms. The van der Waals surface area contributed by atoms with Crippen LogP contribution in [0.1, 0.15) is 43.0 Å². The molecule has 0 aliphatic heterocycles. The molecule has 0 aromatic heterocycles. The van der Waals surface area contributed by atoms with Crippen LogP contribution in [-0.4, -0.2) is 38.0 Å². The number of carbonyl (C=O) groups is 1. The van der Waals surface area contributed by atoms with Crippen LogP contribution in [-0.2, 0) is 0 Å². The SMILES string of the molecule is CC1CCC(N(C)C(=O)c2ccc(N(C)C)c(N)c2)CC1. The summed E-state index contributed by atoms with van der Waals surface area (Å²) < 4.78 is 0. The predicted octanol–water partition coefficient (Wildman–Crippen LogP) is 2.99. The van der Waals surface area contributed by atoms with E-state index in [4.69, 9.17) is 5.73 Å². The molecule has 4 nitrogen and oxygen atoms in total. The van der Waals surface area contributed by atoms with Crippen molar-refractivity contribution in [3.05, 3.63) is 23.8 Å². The van der Waals surface area contributed by atoms with Crippen molar-refractivity contribution in [3.8, 4) is 0 Å². The van der Waals surface area contributed by atoms with Gasteiger partial charge in [0.2, 0.25) is 0 Å². The minimum Gasteiger partial charge on any atom is -0.397 e. The summed E-state index contributed by atoms with van der Waals surface area (Å²) in [4.78, 5) is 16.5. The molecule has 0 radical (unpaired) electrons. The second kappa shape index (κ2) is 6.37. The Kier molecular flexibility index (Phi) is 4.76. The van der Waals surface area contributed by atoms with E-state index in [-0.39, 0.29) is 5.91 Å². The van der Waals surface area contributed by atoms with E-state index < -0.39 is 0 Å². The van der Waals surface area contributed by atoms with Crippen LogP contribution in [0.15, 0.2) is 18.2 Å². The van der Waals surface area contributed by atoms with Gasteiger partial charge in [-0.2, -0.15) is 0 Å². The number of nitrogens with two attached hydrogens (primary N) is 1. The highest BCUT2D eigenvalue weighted by Crippen LogP contribution is 2.28. The maximum absolute atomic E-state index is 12.6. The van der Waals surface area contributed by atoms with Crippen LogP contribution in [0, 0.1) is 5.92 Å². The van der Waals surface area contributed by atoms with Gasteiger partial charge in [0.05, 0.1) is 11.4 Å². The van der Waals surface area contributed by atoms with E-state index in [0.29, 0.717) is 17.3 Å².